The van der Waals surface area contributed by atoms with Crippen molar-refractivity contribution in [3.05, 3.63) is 54.0 Å². The maximum absolute atomic E-state index is 8.47. The van der Waals surface area contributed by atoms with Crippen molar-refractivity contribution in [2.75, 3.05) is 26.8 Å². The highest BCUT2D eigenvalue weighted by molar-refractivity contribution is 6.28. The van der Waals surface area contributed by atoms with Crippen LogP contribution in [-0.2, 0) is 15.9 Å². The zero-order valence-electron chi connectivity index (χ0n) is 24.0. The molecule has 38 heavy (non-hydrogen) atoms. The van der Waals surface area contributed by atoms with Gasteiger partial charge in [-0.15, -0.1) is 0 Å². The van der Waals surface area contributed by atoms with Crippen molar-refractivity contribution < 1.29 is 10.9 Å². The highest BCUT2D eigenvalue weighted by Gasteiger charge is 2.18. The van der Waals surface area contributed by atoms with Crippen molar-refractivity contribution in [3.63, 3.8) is 0 Å². The monoisotopic (exact) mass is 526 g/mol. The minimum absolute atomic E-state index is 0. The Kier molecular flexibility index (Phi) is 15.2. The van der Waals surface area contributed by atoms with E-state index < -0.39 is 0 Å². The van der Waals surface area contributed by atoms with Gasteiger partial charge in [0, 0.05) is 58.4 Å². The summed E-state index contributed by atoms with van der Waals surface area (Å²) in [6.45, 7) is 11.0. The third-order valence-electron chi connectivity index (χ3n) is 6.49. The summed E-state index contributed by atoms with van der Waals surface area (Å²) in [6, 6.07) is 5.92. The number of aromatic nitrogens is 1. The van der Waals surface area contributed by atoms with Gasteiger partial charge in [-0.1, -0.05) is 45.4 Å². The Bertz CT molecular complexity index is 935. The summed E-state index contributed by atoms with van der Waals surface area (Å²) in [5.41, 5.74) is 5.57. The first kappa shape index (κ1) is 31.4. The average molecular weight is 527 g/mol. The van der Waals surface area contributed by atoms with Crippen LogP contribution in [0.3, 0.4) is 0 Å². The van der Waals surface area contributed by atoms with E-state index in [9.17, 15) is 0 Å². The molecule has 3 unspecified atom stereocenters. The molecular formula is C30H50N6O2. The summed E-state index contributed by atoms with van der Waals surface area (Å²) < 4.78 is 11.5. The second-order valence-electron chi connectivity index (χ2n) is 9.76. The molecule has 1 aliphatic carbocycles. The first-order chi connectivity index (χ1) is 18.5. The highest BCUT2D eigenvalue weighted by atomic mass is 16.5. The number of aliphatic imine (C=N–C) groups is 1. The number of nitrogens with one attached hydrogen (secondary N) is 2. The summed E-state index contributed by atoms with van der Waals surface area (Å²) in [5, 5.41) is 12.8. The largest absolute Gasteiger partial charge is 0.481 e. The number of unbranched alkanes of at least 4 members (excludes halogenated alkanes) is 1. The number of ether oxygens (including phenoxy) is 2. The molecule has 1 heterocycles. The van der Waals surface area contributed by atoms with Crippen LogP contribution < -0.4 is 5.43 Å². The molecule has 0 fully saturated rings. The van der Waals surface area contributed by atoms with Gasteiger partial charge in [0.05, 0.1) is 24.6 Å². The SMILES string of the molecule is CCCCN(CCC)C(CCC(=N)/C=N/NC1=CC(OC)C(C)C=CC1)/N=C(\C)OCCc1ccccn1.[HH]. The molecular weight excluding hydrogens is 476 g/mol. The first-order valence-electron chi connectivity index (χ1n) is 14.0. The fourth-order valence-electron chi connectivity index (χ4n) is 4.33. The van der Waals surface area contributed by atoms with Crippen LogP contribution in [0.1, 0.15) is 73.3 Å². The Morgan fingerprint density at radius 3 is 2.87 bits per heavy atom. The van der Waals surface area contributed by atoms with Crippen molar-refractivity contribution in [3.8, 4) is 0 Å². The Morgan fingerprint density at radius 1 is 1.32 bits per heavy atom. The van der Waals surface area contributed by atoms with Crippen molar-refractivity contribution in [1.29, 1.82) is 5.41 Å². The van der Waals surface area contributed by atoms with Gasteiger partial charge < -0.3 is 14.9 Å². The number of hydrazone groups is 1. The highest BCUT2D eigenvalue weighted by Crippen LogP contribution is 2.18. The molecule has 8 heteroatoms. The van der Waals surface area contributed by atoms with Crippen LogP contribution in [0.15, 0.2) is 58.4 Å². The van der Waals surface area contributed by atoms with E-state index in [2.05, 4.69) is 59.4 Å². The lowest BCUT2D eigenvalue weighted by molar-refractivity contribution is 0.112. The lowest BCUT2D eigenvalue weighted by Crippen LogP contribution is -2.36. The number of nitrogens with zero attached hydrogens (tertiary/aromatic N) is 4. The van der Waals surface area contributed by atoms with Crippen molar-refractivity contribution in [2.45, 2.75) is 84.9 Å². The predicted octanol–water partition coefficient (Wildman–Crippen LogP) is 6.01. The average Bonchev–Trinajstić information content (AvgIpc) is 3.10. The van der Waals surface area contributed by atoms with Crippen LogP contribution in [0, 0.1) is 11.3 Å². The minimum atomic E-state index is -0.0308. The molecule has 0 spiro atoms. The van der Waals surface area contributed by atoms with Gasteiger partial charge >= 0.3 is 0 Å². The topological polar surface area (TPSA) is 95.2 Å². The summed E-state index contributed by atoms with van der Waals surface area (Å²) in [6.07, 6.45) is 15.9. The maximum Gasteiger partial charge on any atom is 0.181 e. The first-order valence-corrected chi connectivity index (χ1v) is 14.0. The molecule has 2 rings (SSSR count). The number of methoxy groups -OCH3 is 1. The maximum atomic E-state index is 8.47. The standard InChI is InChI=1S/C30H48N6O2.H2/c1-6-8-20-36(19-7-2)30(34-25(4)38-21-17-27-13-9-10-18-32-27)16-15-26(31)23-33-35-28-14-11-12-24(3)29(22-28)37-5;/h9-13,18,22-24,29-31,35H,6-8,14-17,19-21H2,1-5H3;1H/b31-26?,33-23+,34-25+;. The zero-order chi connectivity index (χ0) is 27.6. The Hall–Kier alpha value is -2.84. The van der Waals surface area contributed by atoms with Crippen molar-refractivity contribution in [1.82, 2.24) is 15.3 Å². The van der Waals surface area contributed by atoms with Crippen LogP contribution in [-0.4, -0.2) is 66.8 Å². The van der Waals surface area contributed by atoms with Gasteiger partial charge in [-0.3, -0.25) is 15.3 Å². The number of hydrogen-bond donors (Lipinski definition) is 2. The molecule has 2 N–H and O–H groups in total. The molecule has 0 saturated heterocycles. The number of allylic oxidation sites excluding steroid dienone is 1. The molecule has 1 aromatic rings. The van der Waals surface area contributed by atoms with Gasteiger partial charge in [-0.05, 0) is 50.4 Å². The predicted molar refractivity (Wildman–Crippen MR) is 160 cm³/mol. The van der Waals surface area contributed by atoms with Crippen molar-refractivity contribution >= 4 is 17.8 Å². The fourth-order valence-corrected chi connectivity index (χ4v) is 4.33. The summed E-state index contributed by atoms with van der Waals surface area (Å²) in [4.78, 5) is 11.7. The van der Waals surface area contributed by atoms with Gasteiger partial charge in [-0.25, -0.2) is 4.99 Å². The van der Waals surface area contributed by atoms with E-state index in [1.165, 1.54) is 0 Å². The molecule has 0 bridgehead atoms. The molecule has 0 aromatic carbocycles. The number of pyridine rings is 1. The second kappa shape index (κ2) is 18.4. The van der Waals surface area contributed by atoms with E-state index in [1.54, 1.807) is 19.5 Å². The number of hydrogen-bond acceptors (Lipinski definition) is 8. The molecule has 3 atom stereocenters. The van der Waals surface area contributed by atoms with Crippen LogP contribution in [0.2, 0.25) is 0 Å². The van der Waals surface area contributed by atoms with Crippen LogP contribution in [0.5, 0.6) is 0 Å². The van der Waals surface area contributed by atoms with Gasteiger partial charge in [0.2, 0.25) is 0 Å². The summed E-state index contributed by atoms with van der Waals surface area (Å²) >= 11 is 0. The van der Waals surface area contributed by atoms with Gasteiger partial charge in [0.1, 0.15) is 6.17 Å². The molecule has 0 radical (unpaired) electrons. The van der Waals surface area contributed by atoms with Crippen molar-refractivity contribution in [2.24, 2.45) is 16.0 Å². The Balaban J connectivity index is 0.00000760. The lowest BCUT2D eigenvalue weighted by Gasteiger charge is -2.29. The van der Waals surface area contributed by atoms with E-state index >= 15 is 0 Å². The molecule has 1 aromatic heterocycles. The molecule has 212 valence electrons. The minimum Gasteiger partial charge on any atom is -0.481 e. The smallest absolute Gasteiger partial charge is 0.181 e. The van der Waals surface area contributed by atoms with Crippen LogP contribution in [0.4, 0.5) is 0 Å². The quantitative estimate of drug-likeness (QED) is 0.112. The van der Waals surface area contributed by atoms with E-state index in [-0.39, 0.29) is 13.7 Å². The molecule has 8 nitrogen and oxygen atoms in total. The Morgan fingerprint density at radius 2 is 2.16 bits per heavy atom. The second-order valence-corrected chi connectivity index (χ2v) is 9.76. The van der Waals surface area contributed by atoms with Crippen LogP contribution in [0.25, 0.3) is 0 Å². The molecule has 0 amide bonds. The third-order valence-corrected chi connectivity index (χ3v) is 6.49. The lowest BCUT2D eigenvalue weighted by atomic mass is 10.1. The summed E-state index contributed by atoms with van der Waals surface area (Å²) in [5.74, 6) is 1.00. The zero-order valence-corrected chi connectivity index (χ0v) is 24.0. The summed E-state index contributed by atoms with van der Waals surface area (Å²) in [7, 11) is 1.72. The van der Waals surface area contributed by atoms with Gasteiger partial charge in [-0.2, -0.15) is 5.10 Å². The molecule has 0 aliphatic heterocycles. The van der Waals surface area contributed by atoms with E-state index in [0.29, 0.717) is 30.6 Å². The van der Waals surface area contributed by atoms with Gasteiger partial charge in [0.15, 0.2) is 5.90 Å². The number of rotatable bonds is 17. The van der Waals surface area contributed by atoms with E-state index in [1.807, 2.05) is 25.1 Å². The van der Waals surface area contributed by atoms with Gasteiger partial charge in [0.25, 0.3) is 0 Å². The molecule has 1 aliphatic rings. The van der Waals surface area contributed by atoms with Crippen LogP contribution >= 0.6 is 0 Å². The Labute approximate surface area is 231 Å². The fraction of sp³-hybridized carbons (Fsp3) is 0.600. The normalized spacial score (nSPS) is 18.9. The van der Waals surface area contributed by atoms with E-state index in [4.69, 9.17) is 19.9 Å². The third kappa shape index (κ3) is 12.1. The molecule has 0 saturated carbocycles. The van der Waals surface area contributed by atoms with E-state index in [0.717, 1.165) is 63.0 Å².